The molecular weight excluding hydrogens is 171 g/mol. The second-order valence-corrected chi connectivity index (χ2v) is 0. The molecule has 0 aliphatic rings. The molecule has 0 aromatic heterocycles. The van der Waals surface area contributed by atoms with E-state index in [9.17, 15) is 0 Å². The molecule has 0 amide bonds. The van der Waals surface area contributed by atoms with Gasteiger partial charge in [0.25, 0.3) is 1.45 Å². The first-order valence-electron chi connectivity index (χ1n) is 0.545. The largest absolute Gasteiger partial charge is 0.344 e. The summed E-state index contributed by atoms with van der Waals surface area (Å²) < 4.78 is 13.0. The predicted molar refractivity (Wildman–Crippen MR) is 49.3 cm³/mol. The highest BCUT2D eigenvalue weighted by Crippen LogP contribution is 0.861. The predicted octanol–water partition coefficient (Wildman–Crippen LogP) is 1.79. The molecule has 0 radical (unpaired) electrons. The van der Waals surface area contributed by atoms with Crippen LogP contribution < -0.4 is 6.15 Å². The highest BCUT2D eigenvalue weighted by Gasteiger charge is 0.707. The van der Waals surface area contributed by atoms with E-state index >= 15 is 0 Å². The van der Waals surface area contributed by atoms with Gasteiger partial charge in [-0.05, 0) is 0 Å². The molecule has 0 aliphatic carbocycles. The summed E-state index contributed by atoms with van der Waals surface area (Å²) in [5.74, 6) is 0. The van der Waals surface area contributed by atoms with Crippen molar-refractivity contribution in [3.8, 4) is 0 Å². The monoisotopic (exact) mass is 188 g/mol. The average molecular weight is 188 g/mol. The zero-order valence-electron chi connectivity index (χ0n) is 4.02. The molecule has 0 saturated carbocycles. The fourth-order valence-corrected chi connectivity index (χ4v) is 0. The summed E-state index contributed by atoms with van der Waals surface area (Å²) in [4.78, 5) is 0. The van der Waals surface area contributed by atoms with Gasteiger partial charge in [0.2, 0.25) is 0 Å². The SMILES string of the molecule is C.C.F.N.P.S=S.[2H]F. The van der Waals surface area contributed by atoms with E-state index in [1.165, 1.54) is 0 Å². The summed E-state index contributed by atoms with van der Waals surface area (Å²) in [5.41, 5.74) is 0. The van der Waals surface area contributed by atoms with Crippen molar-refractivity contribution >= 4 is 32.3 Å². The molecule has 0 fully saturated rings. The molecular formula is C2H16F2NPS2. The van der Waals surface area contributed by atoms with Crippen LogP contribution in [0.1, 0.15) is 14.9 Å². The molecule has 3 N–H and O–H groups in total. The number of halogens is 2. The summed E-state index contributed by atoms with van der Waals surface area (Å²) in [7, 11) is 0. The molecule has 0 aliphatic heterocycles. The quantitative estimate of drug-likeness (QED) is 0.589. The highest BCUT2D eigenvalue weighted by atomic mass is 32.8. The van der Waals surface area contributed by atoms with Crippen LogP contribution in [0, 0.1) is 0 Å². The van der Waals surface area contributed by atoms with Crippen molar-refractivity contribution < 1.29 is 9.42 Å². The lowest BCUT2D eigenvalue weighted by Crippen LogP contribution is -0.710. The maximum atomic E-state index is 8.75. The van der Waals surface area contributed by atoms with Gasteiger partial charge in [-0.25, -0.2) is 0 Å². The van der Waals surface area contributed by atoms with Crippen LogP contribution >= 0.6 is 9.90 Å². The van der Waals surface area contributed by atoms with Crippen molar-refractivity contribution in [3.63, 3.8) is 0 Å². The van der Waals surface area contributed by atoms with E-state index < -0.39 is 0 Å². The van der Waals surface area contributed by atoms with Crippen molar-refractivity contribution in [2.75, 3.05) is 0 Å². The Bertz CT molecular complexity index is 22.5. The van der Waals surface area contributed by atoms with Crippen molar-refractivity contribution in [2.45, 2.75) is 14.9 Å². The summed E-state index contributed by atoms with van der Waals surface area (Å²) in [6, 6.07) is 0. The lowest BCUT2D eigenvalue weighted by Gasteiger charge is -0.707. The molecule has 1 nitrogen and oxygen atoms in total. The fraction of sp³-hybridized carbons (Fsp3) is 1.00. The van der Waals surface area contributed by atoms with Crippen LogP contribution in [-0.4, -0.2) is 1.45 Å². The molecule has 1 unspecified atom stereocenters. The minimum absolute atomic E-state index is 0. The lowest BCUT2D eigenvalue weighted by atomic mass is 12.0. The van der Waals surface area contributed by atoms with Gasteiger partial charge in [-0.2, -0.15) is 9.90 Å². The number of hydrogen-bond acceptors (Lipinski definition) is 3. The highest BCUT2D eigenvalue weighted by molar-refractivity contribution is 8.07. The summed E-state index contributed by atoms with van der Waals surface area (Å²) >= 11 is 7.33. The Kier molecular flexibility index (Phi) is 6420. The molecule has 1 atom stereocenters. The molecule has 0 aromatic carbocycles. The Hall–Kier alpha value is 0.690. The molecule has 0 rings (SSSR count). The van der Waals surface area contributed by atoms with Crippen LogP contribution in [0.25, 0.3) is 0 Å². The third kappa shape index (κ3) is 455. The van der Waals surface area contributed by atoms with Crippen LogP contribution in [0.4, 0.5) is 9.42 Å². The Balaban J connectivity index is -0.00000000114. The molecule has 8 heavy (non-hydrogen) atoms. The van der Waals surface area contributed by atoms with E-state index in [4.69, 9.17) is 4.72 Å². The van der Waals surface area contributed by atoms with Crippen molar-refractivity contribution in [3.05, 3.63) is 0 Å². The summed E-state index contributed by atoms with van der Waals surface area (Å²) in [5, 5.41) is 0. The number of rotatable bonds is 0. The van der Waals surface area contributed by atoms with Gasteiger partial charge in [-0.1, -0.05) is 14.9 Å². The minimum Gasteiger partial charge on any atom is -0.344 e. The molecule has 0 saturated heterocycles. The Morgan fingerprint density at radius 3 is 1.00 bits per heavy atom. The van der Waals surface area contributed by atoms with Crippen LogP contribution in [0.5, 0.6) is 0 Å². The fourth-order valence-electron chi connectivity index (χ4n) is 0. The maximum Gasteiger partial charge on any atom is 0.269 e. The molecule has 0 aromatic rings. The van der Waals surface area contributed by atoms with E-state index in [1.54, 1.807) is 0 Å². The van der Waals surface area contributed by atoms with Gasteiger partial charge in [0, 0.05) is 22.4 Å². The van der Waals surface area contributed by atoms with Gasteiger partial charge < -0.3 is 6.15 Å². The second-order valence-electron chi connectivity index (χ2n) is 0. The third-order valence-electron chi connectivity index (χ3n) is 0. The van der Waals surface area contributed by atoms with E-state index in [2.05, 4.69) is 23.8 Å². The van der Waals surface area contributed by atoms with Gasteiger partial charge in [0.05, 0.1) is 0 Å². The lowest BCUT2D eigenvalue weighted by molar-refractivity contribution is 1.11. The molecule has 0 bridgehead atoms. The molecule has 0 spiro atoms. The van der Waals surface area contributed by atoms with Crippen LogP contribution in [-0.2, 0) is 22.4 Å². The maximum absolute atomic E-state index is 8.75. The van der Waals surface area contributed by atoms with Gasteiger partial charge in [-0.15, -0.1) is 0 Å². The summed E-state index contributed by atoms with van der Waals surface area (Å²) in [6.45, 7) is 0. The van der Waals surface area contributed by atoms with Gasteiger partial charge >= 0.3 is 0 Å². The molecule has 0 heterocycles. The first-order chi connectivity index (χ1) is 2.00. The van der Waals surface area contributed by atoms with Crippen LogP contribution in [0.3, 0.4) is 0 Å². The van der Waals surface area contributed by atoms with E-state index in [-0.39, 0.29) is 35.6 Å². The minimum atomic E-state index is 0. The first kappa shape index (κ1) is 71.0. The van der Waals surface area contributed by atoms with Crippen LogP contribution in [0.15, 0.2) is 0 Å². The van der Waals surface area contributed by atoms with Gasteiger partial charge in [0.1, 0.15) is 0 Å². The Morgan fingerprint density at radius 2 is 1.00 bits per heavy atom. The zero-order valence-corrected chi connectivity index (χ0v) is 6.06. The number of hydrogen-bond donors (Lipinski definition) is 1. The second kappa shape index (κ2) is 723. The third-order valence-corrected chi connectivity index (χ3v) is 0. The van der Waals surface area contributed by atoms with E-state index in [1.807, 2.05) is 0 Å². The Labute approximate surface area is 64.7 Å². The van der Waals surface area contributed by atoms with Crippen LogP contribution in [0.2, 0.25) is 0 Å². The van der Waals surface area contributed by atoms with Crippen molar-refractivity contribution in [1.82, 2.24) is 6.15 Å². The summed E-state index contributed by atoms with van der Waals surface area (Å²) in [6.07, 6.45) is 0. The van der Waals surface area contributed by atoms with Crippen molar-refractivity contribution in [1.29, 1.82) is 1.45 Å². The average Bonchev–Trinajstić information content (AvgIpc) is 1.50. The van der Waals surface area contributed by atoms with Gasteiger partial charge in [-0.3, -0.25) is 9.42 Å². The smallest absolute Gasteiger partial charge is 0.269 e. The van der Waals surface area contributed by atoms with Gasteiger partial charge in [0.15, 0.2) is 0 Å². The normalized spacial score (nSPS) is 1.38. The topological polar surface area (TPSA) is 35.0 Å². The first-order valence-corrected chi connectivity index (χ1v) is 1.50. The Morgan fingerprint density at radius 1 is 1.00 bits per heavy atom. The standard InChI is InChI=1S/2CH4.2FH.H3N.H3P.S2/c;;;;;;1-2/h2*1H4;2*1H;2*1H3;/i/hD. The van der Waals surface area contributed by atoms with E-state index in [0.717, 1.165) is 0 Å². The zero-order chi connectivity index (χ0) is 4.00. The molecule has 6 heteroatoms. The van der Waals surface area contributed by atoms with E-state index in [0.29, 0.717) is 0 Å². The van der Waals surface area contributed by atoms with Crippen molar-refractivity contribution in [2.24, 2.45) is 0 Å². The molecule has 60 valence electrons.